The van der Waals surface area contributed by atoms with E-state index in [2.05, 4.69) is 0 Å². The van der Waals surface area contributed by atoms with Crippen LogP contribution in [0.3, 0.4) is 0 Å². The molecule has 0 atom stereocenters. The molecule has 0 N–H and O–H groups in total. The highest BCUT2D eigenvalue weighted by Gasteiger charge is 2.18. The van der Waals surface area contributed by atoms with Gasteiger partial charge in [-0.05, 0) is 24.6 Å². The van der Waals surface area contributed by atoms with Crippen molar-refractivity contribution in [1.82, 2.24) is 0 Å². The number of benzene rings is 1. The lowest BCUT2D eigenvalue weighted by Crippen LogP contribution is -2.12. The van der Waals surface area contributed by atoms with Crippen LogP contribution < -0.4 is 9.47 Å². The van der Waals surface area contributed by atoms with E-state index in [1.807, 2.05) is 6.92 Å². The van der Waals surface area contributed by atoms with Gasteiger partial charge in [0.15, 0.2) is 11.5 Å². The lowest BCUT2D eigenvalue weighted by Gasteiger charge is -2.07. The number of ether oxygens (including phenoxy) is 4. The summed E-state index contributed by atoms with van der Waals surface area (Å²) in [5.41, 5.74) is 0.745. The largest absolute Gasteiger partial charge is 0.459 e. The molecule has 0 saturated heterocycles. The molecule has 1 heterocycles. The van der Waals surface area contributed by atoms with Crippen LogP contribution in [0.5, 0.6) is 11.5 Å². The van der Waals surface area contributed by atoms with Crippen molar-refractivity contribution in [3.05, 3.63) is 22.7 Å². The molecule has 18 heavy (non-hydrogen) atoms. The van der Waals surface area contributed by atoms with Gasteiger partial charge in [-0.25, -0.2) is 4.79 Å². The predicted molar refractivity (Wildman–Crippen MR) is 63.9 cm³/mol. The van der Waals surface area contributed by atoms with E-state index in [1.54, 1.807) is 12.1 Å². The van der Waals surface area contributed by atoms with E-state index in [0.29, 0.717) is 23.1 Å². The second kappa shape index (κ2) is 5.93. The smallest absolute Gasteiger partial charge is 0.332 e. The maximum atomic E-state index is 11.3. The van der Waals surface area contributed by atoms with Crippen LogP contribution in [0.15, 0.2) is 12.1 Å². The fourth-order valence-corrected chi connectivity index (χ4v) is 1.78. The Hall–Kier alpha value is -1.46. The van der Waals surface area contributed by atoms with Crippen LogP contribution in [-0.2, 0) is 20.9 Å². The topological polar surface area (TPSA) is 54.0 Å². The molecule has 0 amide bonds. The lowest BCUT2D eigenvalue weighted by molar-refractivity contribution is -0.150. The molecule has 0 fully saturated rings. The summed E-state index contributed by atoms with van der Waals surface area (Å²) in [5.74, 6) is 0.685. The van der Waals surface area contributed by atoms with Crippen LogP contribution in [-0.4, -0.2) is 26.0 Å². The molecular formula is C12H13ClO5. The fraction of sp³-hybridized carbons (Fsp3) is 0.417. The number of halogens is 1. The minimum Gasteiger partial charge on any atom is -0.459 e. The summed E-state index contributed by atoms with van der Waals surface area (Å²) in [6, 6.07) is 3.42. The number of hydrogen-bond donors (Lipinski definition) is 0. The fourth-order valence-electron chi connectivity index (χ4n) is 1.49. The first-order valence-corrected chi connectivity index (χ1v) is 5.90. The van der Waals surface area contributed by atoms with Crippen molar-refractivity contribution in [2.75, 3.05) is 20.0 Å². The standard InChI is InChI=1S/C12H13ClO5/c1-2-15-6-11(14)16-5-8-3-9(13)12-10(4-8)17-7-18-12/h3-4H,2,5-7H2,1H3. The van der Waals surface area contributed by atoms with Crippen molar-refractivity contribution in [2.24, 2.45) is 0 Å². The second-order valence-corrected chi connectivity index (χ2v) is 4.02. The second-order valence-electron chi connectivity index (χ2n) is 3.61. The average molecular weight is 273 g/mol. The summed E-state index contributed by atoms with van der Waals surface area (Å²) in [6.07, 6.45) is 0. The lowest BCUT2D eigenvalue weighted by atomic mass is 10.2. The van der Waals surface area contributed by atoms with E-state index in [0.717, 1.165) is 5.56 Å². The number of carbonyl (C=O) groups is 1. The molecule has 1 aromatic rings. The molecule has 1 aliphatic rings. The first kappa shape index (κ1) is 13.0. The van der Waals surface area contributed by atoms with Gasteiger partial charge in [-0.15, -0.1) is 0 Å². The maximum Gasteiger partial charge on any atom is 0.332 e. The summed E-state index contributed by atoms with van der Waals surface area (Å²) >= 11 is 6.00. The van der Waals surface area contributed by atoms with Crippen molar-refractivity contribution < 1.29 is 23.7 Å². The molecule has 0 saturated carbocycles. The molecular weight excluding hydrogens is 260 g/mol. The molecule has 6 heteroatoms. The number of esters is 1. The number of carbonyl (C=O) groups excluding carboxylic acids is 1. The van der Waals surface area contributed by atoms with E-state index >= 15 is 0 Å². The minimum absolute atomic E-state index is 0.0468. The Bertz CT molecular complexity index is 446. The molecule has 0 aromatic heterocycles. The Morgan fingerprint density at radius 2 is 2.28 bits per heavy atom. The van der Waals surface area contributed by atoms with Gasteiger partial charge in [0, 0.05) is 6.61 Å². The number of rotatable bonds is 5. The zero-order chi connectivity index (χ0) is 13.0. The molecule has 0 radical (unpaired) electrons. The van der Waals surface area contributed by atoms with Gasteiger partial charge in [0.1, 0.15) is 13.2 Å². The van der Waals surface area contributed by atoms with Crippen molar-refractivity contribution in [3.8, 4) is 11.5 Å². The molecule has 0 unspecified atom stereocenters. The molecule has 0 spiro atoms. The maximum absolute atomic E-state index is 11.3. The molecule has 2 rings (SSSR count). The van der Waals surface area contributed by atoms with Crippen molar-refractivity contribution in [3.63, 3.8) is 0 Å². The van der Waals surface area contributed by atoms with Gasteiger partial charge in [-0.1, -0.05) is 11.6 Å². The van der Waals surface area contributed by atoms with Crippen molar-refractivity contribution in [1.29, 1.82) is 0 Å². The minimum atomic E-state index is -0.411. The normalized spacial score (nSPS) is 12.6. The molecule has 0 bridgehead atoms. The Morgan fingerprint density at radius 1 is 1.44 bits per heavy atom. The summed E-state index contributed by atoms with van der Waals surface area (Å²) < 4.78 is 20.4. The van der Waals surface area contributed by atoms with Crippen LogP contribution >= 0.6 is 11.6 Å². The van der Waals surface area contributed by atoms with Crippen LogP contribution in [0.1, 0.15) is 12.5 Å². The molecule has 98 valence electrons. The average Bonchev–Trinajstić information content (AvgIpc) is 2.82. The van der Waals surface area contributed by atoms with Gasteiger partial charge in [0.05, 0.1) is 5.02 Å². The molecule has 5 nitrogen and oxygen atoms in total. The Labute approximate surface area is 110 Å². The van der Waals surface area contributed by atoms with Gasteiger partial charge in [0.25, 0.3) is 0 Å². The number of hydrogen-bond acceptors (Lipinski definition) is 5. The SMILES string of the molecule is CCOCC(=O)OCc1cc(Cl)c2c(c1)OCO2. The van der Waals surface area contributed by atoms with Gasteiger partial charge in [0.2, 0.25) is 6.79 Å². The Balaban J connectivity index is 1.94. The van der Waals surface area contributed by atoms with E-state index < -0.39 is 5.97 Å². The third-order valence-corrected chi connectivity index (χ3v) is 2.59. The highest BCUT2D eigenvalue weighted by molar-refractivity contribution is 6.32. The van der Waals surface area contributed by atoms with Gasteiger partial charge < -0.3 is 18.9 Å². The summed E-state index contributed by atoms with van der Waals surface area (Å²) in [6.45, 7) is 2.52. The van der Waals surface area contributed by atoms with Crippen LogP contribution in [0.2, 0.25) is 5.02 Å². The van der Waals surface area contributed by atoms with Crippen molar-refractivity contribution in [2.45, 2.75) is 13.5 Å². The molecule has 1 aromatic carbocycles. The van der Waals surface area contributed by atoms with E-state index in [4.69, 9.17) is 30.5 Å². The van der Waals surface area contributed by atoms with Crippen LogP contribution in [0, 0.1) is 0 Å². The van der Waals surface area contributed by atoms with E-state index in [9.17, 15) is 4.79 Å². The predicted octanol–water partition coefficient (Wildman–Crippen LogP) is 2.15. The zero-order valence-electron chi connectivity index (χ0n) is 9.90. The van der Waals surface area contributed by atoms with Crippen LogP contribution in [0.25, 0.3) is 0 Å². The summed E-state index contributed by atoms with van der Waals surface area (Å²) in [5, 5.41) is 0.445. The van der Waals surface area contributed by atoms with Crippen LogP contribution in [0.4, 0.5) is 0 Å². The third kappa shape index (κ3) is 3.05. The number of fused-ring (bicyclic) bond motifs is 1. The van der Waals surface area contributed by atoms with Gasteiger partial charge in [-0.3, -0.25) is 0 Å². The van der Waals surface area contributed by atoms with Crippen molar-refractivity contribution >= 4 is 17.6 Å². The Kier molecular flexibility index (Phi) is 4.28. The summed E-state index contributed by atoms with van der Waals surface area (Å²) in [7, 11) is 0. The van der Waals surface area contributed by atoms with E-state index in [-0.39, 0.29) is 20.0 Å². The third-order valence-electron chi connectivity index (χ3n) is 2.31. The summed E-state index contributed by atoms with van der Waals surface area (Å²) in [4.78, 5) is 11.3. The highest BCUT2D eigenvalue weighted by atomic mass is 35.5. The molecule has 1 aliphatic heterocycles. The molecule has 0 aliphatic carbocycles. The monoisotopic (exact) mass is 272 g/mol. The van der Waals surface area contributed by atoms with E-state index in [1.165, 1.54) is 0 Å². The highest BCUT2D eigenvalue weighted by Crippen LogP contribution is 2.39. The van der Waals surface area contributed by atoms with Gasteiger partial charge in [-0.2, -0.15) is 0 Å². The zero-order valence-corrected chi connectivity index (χ0v) is 10.7. The van der Waals surface area contributed by atoms with Gasteiger partial charge >= 0.3 is 5.97 Å². The Morgan fingerprint density at radius 3 is 3.06 bits per heavy atom. The first-order valence-electron chi connectivity index (χ1n) is 5.52. The first-order chi connectivity index (χ1) is 8.70. The quantitative estimate of drug-likeness (QED) is 0.769.